The second-order valence-corrected chi connectivity index (χ2v) is 7.24. The summed E-state index contributed by atoms with van der Waals surface area (Å²) >= 11 is 1.60. The number of ether oxygens (including phenoxy) is 1. The van der Waals surface area contributed by atoms with E-state index in [1.807, 2.05) is 42.7 Å². The van der Waals surface area contributed by atoms with Gasteiger partial charge in [0.2, 0.25) is 0 Å². The Morgan fingerprint density at radius 1 is 1.42 bits per heavy atom. The van der Waals surface area contributed by atoms with E-state index in [-0.39, 0.29) is 12.1 Å². The first-order chi connectivity index (χ1) is 11.6. The molecule has 1 saturated heterocycles. The fraction of sp³-hybridized carbons (Fsp3) is 0.529. The summed E-state index contributed by atoms with van der Waals surface area (Å²) in [4.78, 5) is 20.9. The van der Waals surface area contributed by atoms with E-state index in [1.54, 1.807) is 11.3 Å². The quantitative estimate of drug-likeness (QED) is 0.872. The van der Waals surface area contributed by atoms with E-state index in [0.29, 0.717) is 13.1 Å². The minimum atomic E-state index is -0.0815. The van der Waals surface area contributed by atoms with Gasteiger partial charge in [0.25, 0.3) is 0 Å². The van der Waals surface area contributed by atoms with Gasteiger partial charge in [0.15, 0.2) is 0 Å². The number of carbonyl (C=O) groups excluding carboxylic acids is 1. The first-order valence-electron chi connectivity index (χ1n) is 8.27. The third-order valence-electron chi connectivity index (χ3n) is 4.13. The zero-order valence-electron chi connectivity index (χ0n) is 14.2. The van der Waals surface area contributed by atoms with Crippen LogP contribution in [0.3, 0.4) is 0 Å². The monoisotopic (exact) mass is 348 g/mol. The molecule has 1 fully saturated rings. The van der Waals surface area contributed by atoms with E-state index in [2.05, 4.69) is 15.2 Å². The van der Waals surface area contributed by atoms with Crippen molar-refractivity contribution in [3.8, 4) is 0 Å². The number of amides is 2. The van der Waals surface area contributed by atoms with Gasteiger partial charge in [0.1, 0.15) is 0 Å². The van der Waals surface area contributed by atoms with Crippen LogP contribution < -0.4 is 5.32 Å². The summed E-state index contributed by atoms with van der Waals surface area (Å²) in [5.74, 6) is 0. The number of hydrogen-bond donors (Lipinski definition) is 1. The normalized spacial score (nSPS) is 17.5. The first kappa shape index (κ1) is 17.1. The number of rotatable bonds is 6. The maximum Gasteiger partial charge on any atom is 0.321 e. The first-order valence-corrected chi connectivity index (χ1v) is 9.15. The highest BCUT2D eigenvalue weighted by Gasteiger charge is 2.22. The Morgan fingerprint density at radius 3 is 3.04 bits per heavy atom. The second-order valence-electron chi connectivity index (χ2n) is 6.35. The molecule has 1 aromatic heterocycles. The number of anilines is 1. The van der Waals surface area contributed by atoms with Gasteiger partial charge >= 0.3 is 6.03 Å². The highest BCUT2D eigenvalue weighted by molar-refractivity contribution is 7.16. The van der Waals surface area contributed by atoms with Gasteiger partial charge in [0.05, 0.1) is 21.8 Å². The largest absolute Gasteiger partial charge is 0.376 e. The lowest BCUT2D eigenvalue weighted by atomic mass is 10.2. The highest BCUT2D eigenvalue weighted by Crippen LogP contribution is 2.22. The number of aromatic nitrogens is 1. The van der Waals surface area contributed by atoms with Gasteiger partial charge in [0, 0.05) is 31.9 Å². The summed E-state index contributed by atoms with van der Waals surface area (Å²) in [5, 5.41) is 3.00. The number of hydrogen-bond acceptors (Lipinski definition) is 5. The van der Waals surface area contributed by atoms with Gasteiger partial charge in [-0.2, -0.15) is 0 Å². The highest BCUT2D eigenvalue weighted by atomic mass is 32.1. The van der Waals surface area contributed by atoms with E-state index in [0.717, 1.165) is 41.9 Å². The molecule has 2 heterocycles. The van der Waals surface area contributed by atoms with Crippen LogP contribution in [0.5, 0.6) is 0 Å². The van der Waals surface area contributed by atoms with Gasteiger partial charge in [-0.05, 0) is 45.1 Å². The summed E-state index contributed by atoms with van der Waals surface area (Å²) in [6, 6.07) is 5.75. The van der Waals surface area contributed by atoms with E-state index < -0.39 is 0 Å². The number of benzene rings is 1. The Morgan fingerprint density at radius 2 is 2.29 bits per heavy atom. The molecule has 1 aromatic carbocycles. The topological polar surface area (TPSA) is 57.7 Å². The molecule has 2 amide bonds. The Hall–Kier alpha value is -1.70. The standard InChI is InChI=1S/C17H24N4O2S/c1-20(2)7-8-21(11-14-4-3-9-23-14)17(22)19-13-5-6-16-15(10-13)18-12-24-16/h5-6,10,12,14H,3-4,7-9,11H2,1-2H3,(H,19,22). The number of nitrogens with zero attached hydrogens (tertiary/aromatic N) is 3. The van der Waals surface area contributed by atoms with Crippen molar-refractivity contribution >= 4 is 33.3 Å². The fourth-order valence-electron chi connectivity index (χ4n) is 2.77. The zero-order valence-corrected chi connectivity index (χ0v) is 15.0. The summed E-state index contributed by atoms with van der Waals surface area (Å²) in [6.07, 6.45) is 2.25. The van der Waals surface area contributed by atoms with Crippen LogP contribution in [-0.2, 0) is 4.74 Å². The van der Waals surface area contributed by atoms with E-state index in [4.69, 9.17) is 4.74 Å². The SMILES string of the molecule is CN(C)CCN(CC1CCCO1)C(=O)Nc1ccc2scnc2c1. The molecule has 3 rings (SSSR count). The van der Waals surface area contributed by atoms with Crippen molar-refractivity contribution in [1.82, 2.24) is 14.8 Å². The van der Waals surface area contributed by atoms with Crippen molar-refractivity contribution in [3.05, 3.63) is 23.7 Å². The average Bonchev–Trinajstić information content (AvgIpc) is 3.21. The molecule has 6 nitrogen and oxygen atoms in total. The summed E-state index contributed by atoms with van der Waals surface area (Å²) in [5.41, 5.74) is 3.51. The van der Waals surface area contributed by atoms with Crippen LogP contribution in [0, 0.1) is 0 Å². The molecule has 2 aromatic rings. The minimum Gasteiger partial charge on any atom is -0.376 e. The molecule has 1 aliphatic rings. The predicted molar refractivity (Wildman–Crippen MR) is 97.7 cm³/mol. The molecule has 1 aliphatic heterocycles. The molecule has 1 unspecified atom stereocenters. The molecule has 0 aliphatic carbocycles. The number of thiazole rings is 1. The van der Waals surface area contributed by atoms with E-state index in [9.17, 15) is 4.79 Å². The minimum absolute atomic E-state index is 0.0815. The van der Waals surface area contributed by atoms with Gasteiger partial charge in [-0.15, -0.1) is 11.3 Å². The summed E-state index contributed by atoms with van der Waals surface area (Å²) in [7, 11) is 4.02. The maximum atomic E-state index is 12.7. The van der Waals surface area contributed by atoms with E-state index in [1.165, 1.54) is 0 Å². The molecule has 1 atom stereocenters. The number of fused-ring (bicyclic) bond motifs is 1. The smallest absolute Gasteiger partial charge is 0.321 e. The molecule has 0 radical (unpaired) electrons. The van der Waals surface area contributed by atoms with E-state index >= 15 is 0 Å². The van der Waals surface area contributed by atoms with Gasteiger partial charge in [-0.25, -0.2) is 9.78 Å². The molecule has 24 heavy (non-hydrogen) atoms. The summed E-state index contributed by atoms with van der Waals surface area (Å²) in [6.45, 7) is 2.94. The Balaban J connectivity index is 1.66. The number of carbonyl (C=O) groups is 1. The predicted octanol–water partition coefficient (Wildman–Crippen LogP) is 2.87. The van der Waals surface area contributed by atoms with Crippen molar-refractivity contribution in [2.45, 2.75) is 18.9 Å². The van der Waals surface area contributed by atoms with Crippen LogP contribution >= 0.6 is 11.3 Å². The number of urea groups is 1. The maximum absolute atomic E-state index is 12.7. The van der Waals surface area contributed by atoms with Gasteiger partial charge in [-0.1, -0.05) is 0 Å². The summed E-state index contributed by atoms with van der Waals surface area (Å²) < 4.78 is 6.82. The molecule has 0 saturated carbocycles. The van der Waals surface area contributed by atoms with Crippen LogP contribution in [0.15, 0.2) is 23.7 Å². The van der Waals surface area contributed by atoms with Crippen molar-refractivity contribution in [1.29, 1.82) is 0 Å². The molecular formula is C17H24N4O2S. The third-order valence-corrected chi connectivity index (χ3v) is 4.94. The van der Waals surface area contributed by atoms with Crippen LogP contribution in [0.2, 0.25) is 0 Å². The van der Waals surface area contributed by atoms with Crippen LogP contribution in [0.4, 0.5) is 10.5 Å². The molecule has 0 spiro atoms. The third kappa shape index (κ3) is 4.43. The van der Waals surface area contributed by atoms with Crippen molar-refractivity contribution in [2.75, 3.05) is 45.7 Å². The van der Waals surface area contributed by atoms with Crippen molar-refractivity contribution < 1.29 is 9.53 Å². The lowest BCUT2D eigenvalue weighted by Crippen LogP contribution is -2.43. The molecular weight excluding hydrogens is 324 g/mol. The number of likely N-dealkylation sites (N-methyl/N-ethyl adjacent to an activating group) is 1. The Labute approximate surface area is 146 Å². The Kier molecular flexibility index (Phi) is 5.65. The van der Waals surface area contributed by atoms with Crippen molar-refractivity contribution in [3.63, 3.8) is 0 Å². The lowest BCUT2D eigenvalue weighted by molar-refractivity contribution is 0.0820. The number of nitrogens with one attached hydrogen (secondary N) is 1. The molecule has 7 heteroatoms. The van der Waals surface area contributed by atoms with Crippen LogP contribution in [-0.4, -0.2) is 67.3 Å². The molecule has 130 valence electrons. The van der Waals surface area contributed by atoms with Gasteiger partial charge in [-0.3, -0.25) is 0 Å². The Bertz CT molecular complexity index is 682. The zero-order chi connectivity index (χ0) is 16.9. The fourth-order valence-corrected chi connectivity index (χ4v) is 3.43. The van der Waals surface area contributed by atoms with Crippen LogP contribution in [0.25, 0.3) is 10.2 Å². The lowest BCUT2D eigenvalue weighted by Gasteiger charge is -2.27. The molecule has 1 N–H and O–H groups in total. The van der Waals surface area contributed by atoms with Gasteiger partial charge < -0.3 is 19.9 Å². The average molecular weight is 348 g/mol. The van der Waals surface area contributed by atoms with Crippen LogP contribution in [0.1, 0.15) is 12.8 Å². The second kappa shape index (κ2) is 7.92. The molecule has 0 bridgehead atoms. The van der Waals surface area contributed by atoms with Crippen molar-refractivity contribution in [2.24, 2.45) is 0 Å².